The second-order valence-electron chi connectivity index (χ2n) is 5.35. The number of aliphatic imine (C=N–C) groups is 1. The maximum absolute atomic E-state index is 4.47. The fraction of sp³-hybridized carbons (Fsp3) is 0.500. The zero-order valence-electron chi connectivity index (χ0n) is 14.1. The van der Waals surface area contributed by atoms with Crippen molar-refractivity contribution in [2.24, 2.45) is 4.99 Å². The summed E-state index contributed by atoms with van der Waals surface area (Å²) in [5.74, 6) is 0.848. The molecule has 2 N–H and O–H groups in total. The first-order chi connectivity index (χ1) is 10.7. The third-order valence-corrected chi connectivity index (χ3v) is 3.49. The van der Waals surface area contributed by atoms with Crippen molar-refractivity contribution in [1.29, 1.82) is 0 Å². The Morgan fingerprint density at radius 1 is 1.13 bits per heavy atom. The Balaban J connectivity index is 0.00000264. The minimum absolute atomic E-state index is 0. The predicted octanol–water partition coefficient (Wildman–Crippen LogP) is 2.17. The Morgan fingerprint density at radius 2 is 1.83 bits per heavy atom. The summed E-state index contributed by atoms with van der Waals surface area (Å²) in [6.45, 7) is 7.70. The van der Waals surface area contributed by atoms with Crippen molar-refractivity contribution in [2.45, 2.75) is 33.4 Å². The van der Waals surface area contributed by atoms with Gasteiger partial charge in [0.1, 0.15) is 0 Å². The van der Waals surface area contributed by atoms with E-state index in [4.69, 9.17) is 0 Å². The van der Waals surface area contributed by atoms with Crippen molar-refractivity contribution in [3.05, 3.63) is 42.0 Å². The van der Waals surface area contributed by atoms with Gasteiger partial charge in [-0.1, -0.05) is 0 Å². The van der Waals surface area contributed by atoms with E-state index in [0.29, 0.717) is 0 Å². The molecule has 2 heterocycles. The minimum Gasteiger partial charge on any atom is -0.356 e. The van der Waals surface area contributed by atoms with Crippen LogP contribution in [0.25, 0.3) is 0 Å². The number of hydrogen-bond acceptors (Lipinski definition) is 2. The molecule has 2 rings (SSSR count). The number of halogens is 1. The van der Waals surface area contributed by atoms with Gasteiger partial charge in [0.25, 0.3) is 0 Å². The second-order valence-corrected chi connectivity index (χ2v) is 5.35. The van der Waals surface area contributed by atoms with Gasteiger partial charge in [-0.2, -0.15) is 5.10 Å². The molecular weight excluding hydrogens is 403 g/mol. The second kappa shape index (κ2) is 10.3. The largest absolute Gasteiger partial charge is 0.356 e. The molecule has 0 spiro atoms. The SMILES string of the molecule is CN=C(NCCCn1nc(C)cc1C)NCCn1cccc1.I. The Bertz CT molecular complexity index is 588. The first-order valence-corrected chi connectivity index (χ1v) is 7.75. The van der Waals surface area contributed by atoms with E-state index in [2.05, 4.69) is 55.4 Å². The molecule has 0 radical (unpaired) electrons. The summed E-state index contributed by atoms with van der Waals surface area (Å²) in [6, 6.07) is 6.17. The molecule has 0 aliphatic carbocycles. The lowest BCUT2D eigenvalue weighted by atomic mass is 10.4. The van der Waals surface area contributed by atoms with Gasteiger partial charge in [0.05, 0.1) is 5.69 Å². The van der Waals surface area contributed by atoms with Gasteiger partial charge in [0.2, 0.25) is 0 Å². The van der Waals surface area contributed by atoms with E-state index in [1.165, 1.54) is 5.69 Å². The number of hydrogen-bond donors (Lipinski definition) is 2. The van der Waals surface area contributed by atoms with Crippen molar-refractivity contribution in [2.75, 3.05) is 20.1 Å². The Morgan fingerprint density at radius 3 is 2.43 bits per heavy atom. The molecule has 128 valence electrons. The lowest BCUT2D eigenvalue weighted by molar-refractivity contribution is 0.554. The number of guanidine groups is 1. The fourth-order valence-electron chi connectivity index (χ4n) is 2.38. The van der Waals surface area contributed by atoms with Gasteiger partial charge >= 0.3 is 0 Å². The molecule has 0 amide bonds. The van der Waals surface area contributed by atoms with Crippen LogP contribution in [-0.4, -0.2) is 40.4 Å². The molecule has 2 aromatic rings. The normalized spacial score (nSPS) is 11.2. The molecule has 0 unspecified atom stereocenters. The standard InChI is InChI=1S/C16H26N6.HI/c1-14-13-15(2)22(20-14)11-6-7-18-16(17-3)19-8-12-21-9-4-5-10-21;/h4-5,9-10,13H,6-8,11-12H2,1-3H3,(H2,17,18,19);1H. The highest BCUT2D eigenvalue weighted by Crippen LogP contribution is 2.02. The monoisotopic (exact) mass is 430 g/mol. The van der Waals surface area contributed by atoms with Gasteiger partial charge in [-0.3, -0.25) is 9.67 Å². The van der Waals surface area contributed by atoms with Gasteiger partial charge in [-0.15, -0.1) is 24.0 Å². The van der Waals surface area contributed by atoms with E-state index in [0.717, 1.165) is 44.3 Å². The zero-order valence-corrected chi connectivity index (χ0v) is 16.4. The van der Waals surface area contributed by atoms with E-state index in [-0.39, 0.29) is 24.0 Å². The summed E-state index contributed by atoms with van der Waals surface area (Å²) in [6.07, 6.45) is 5.14. The molecule has 0 fully saturated rings. The van der Waals surface area contributed by atoms with Crippen LogP contribution < -0.4 is 10.6 Å². The van der Waals surface area contributed by atoms with E-state index in [1.54, 1.807) is 7.05 Å². The van der Waals surface area contributed by atoms with Gasteiger partial charge in [0.15, 0.2) is 5.96 Å². The third-order valence-electron chi connectivity index (χ3n) is 3.49. The zero-order chi connectivity index (χ0) is 15.8. The van der Waals surface area contributed by atoms with E-state index in [9.17, 15) is 0 Å². The summed E-state index contributed by atoms with van der Waals surface area (Å²) >= 11 is 0. The Kier molecular flexibility index (Phi) is 8.75. The van der Waals surface area contributed by atoms with Crippen molar-refractivity contribution in [1.82, 2.24) is 25.0 Å². The average molecular weight is 430 g/mol. The van der Waals surface area contributed by atoms with Gasteiger partial charge in [-0.25, -0.2) is 0 Å². The lowest BCUT2D eigenvalue weighted by Gasteiger charge is -2.12. The lowest BCUT2D eigenvalue weighted by Crippen LogP contribution is -2.39. The van der Waals surface area contributed by atoms with Crippen LogP contribution >= 0.6 is 24.0 Å². The van der Waals surface area contributed by atoms with Gasteiger partial charge < -0.3 is 15.2 Å². The van der Waals surface area contributed by atoms with Crippen LogP contribution in [0.2, 0.25) is 0 Å². The highest BCUT2D eigenvalue weighted by Gasteiger charge is 2.01. The first kappa shape index (κ1) is 19.5. The molecule has 2 aromatic heterocycles. The maximum atomic E-state index is 4.47. The van der Waals surface area contributed by atoms with Crippen LogP contribution in [0.4, 0.5) is 0 Å². The van der Waals surface area contributed by atoms with Crippen molar-refractivity contribution >= 4 is 29.9 Å². The van der Waals surface area contributed by atoms with Gasteiger partial charge in [-0.05, 0) is 38.5 Å². The summed E-state index contributed by atoms with van der Waals surface area (Å²) < 4.78 is 4.20. The van der Waals surface area contributed by atoms with E-state index >= 15 is 0 Å². The molecule has 0 bridgehead atoms. The van der Waals surface area contributed by atoms with Crippen molar-refractivity contribution in [3.63, 3.8) is 0 Å². The molecule has 0 aliphatic rings. The smallest absolute Gasteiger partial charge is 0.191 e. The average Bonchev–Trinajstić information content (AvgIpc) is 3.11. The minimum atomic E-state index is 0. The van der Waals surface area contributed by atoms with Crippen LogP contribution in [0.5, 0.6) is 0 Å². The van der Waals surface area contributed by atoms with Crippen molar-refractivity contribution < 1.29 is 0 Å². The van der Waals surface area contributed by atoms with Gasteiger partial charge in [0, 0.05) is 51.3 Å². The fourth-order valence-corrected chi connectivity index (χ4v) is 2.38. The van der Waals surface area contributed by atoms with Crippen LogP contribution in [0.15, 0.2) is 35.6 Å². The van der Waals surface area contributed by atoms with Crippen LogP contribution in [0, 0.1) is 13.8 Å². The predicted molar refractivity (Wildman–Crippen MR) is 106 cm³/mol. The van der Waals surface area contributed by atoms with Crippen LogP contribution in [0.3, 0.4) is 0 Å². The quantitative estimate of drug-likeness (QED) is 0.307. The summed E-state index contributed by atoms with van der Waals surface area (Å²) in [5.41, 5.74) is 2.29. The number of aryl methyl sites for hydroxylation is 3. The third kappa shape index (κ3) is 6.64. The van der Waals surface area contributed by atoms with Crippen molar-refractivity contribution in [3.8, 4) is 0 Å². The molecular formula is C16H27IN6. The number of rotatable bonds is 7. The molecule has 0 atom stereocenters. The van der Waals surface area contributed by atoms with Crippen LogP contribution in [0.1, 0.15) is 17.8 Å². The molecule has 6 nitrogen and oxygen atoms in total. The summed E-state index contributed by atoms with van der Waals surface area (Å²) in [7, 11) is 1.80. The molecule has 0 aliphatic heterocycles. The van der Waals surface area contributed by atoms with E-state index in [1.807, 2.05) is 19.1 Å². The Hall–Kier alpha value is -1.51. The molecule has 0 saturated heterocycles. The molecule has 7 heteroatoms. The van der Waals surface area contributed by atoms with Crippen LogP contribution in [-0.2, 0) is 13.1 Å². The molecule has 0 saturated carbocycles. The summed E-state index contributed by atoms with van der Waals surface area (Å²) in [4.78, 5) is 4.24. The summed E-state index contributed by atoms with van der Waals surface area (Å²) in [5, 5.41) is 11.1. The highest BCUT2D eigenvalue weighted by molar-refractivity contribution is 14.0. The maximum Gasteiger partial charge on any atom is 0.191 e. The topological polar surface area (TPSA) is 59.2 Å². The molecule has 0 aromatic carbocycles. The number of aromatic nitrogens is 3. The number of nitrogens with zero attached hydrogens (tertiary/aromatic N) is 4. The number of nitrogens with one attached hydrogen (secondary N) is 2. The van der Waals surface area contributed by atoms with E-state index < -0.39 is 0 Å². The highest BCUT2D eigenvalue weighted by atomic mass is 127. The Labute approximate surface area is 155 Å². The molecule has 23 heavy (non-hydrogen) atoms. The first-order valence-electron chi connectivity index (χ1n) is 7.75.